The highest BCUT2D eigenvalue weighted by molar-refractivity contribution is 8.00. The maximum absolute atomic E-state index is 12.5. The molecule has 1 atom stereocenters. The van der Waals surface area contributed by atoms with Crippen molar-refractivity contribution in [1.82, 2.24) is 14.9 Å². The van der Waals surface area contributed by atoms with Crippen molar-refractivity contribution in [3.05, 3.63) is 29.8 Å². The fraction of sp³-hybridized carbons (Fsp3) is 0.632. The number of benzene rings is 1. The largest absolute Gasteiger partial charge is 0.357 e. The van der Waals surface area contributed by atoms with Crippen LogP contribution in [0.3, 0.4) is 0 Å². The van der Waals surface area contributed by atoms with E-state index in [-0.39, 0.29) is 6.04 Å². The fourth-order valence-corrected chi connectivity index (χ4v) is 5.31. The summed E-state index contributed by atoms with van der Waals surface area (Å²) in [6, 6.07) is 6.91. The van der Waals surface area contributed by atoms with Gasteiger partial charge in [-0.1, -0.05) is 12.1 Å². The van der Waals surface area contributed by atoms with Gasteiger partial charge >= 0.3 is 0 Å². The minimum atomic E-state index is -3.44. The molecule has 0 spiro atoms. The highest BCUT2D eigenvalue weighted by Gasteiger charge is 2.22. The first-order valence-corrected chi connectivity index (χ1v) is 12.0. The van der Waals surface area contributed by atoms with Gasteiger partial charge in [-0.3, -0.25) is 0 Å². The van der Waals surface area contributed by atoms with Crippen LogP contribution in [0.15, 0.2) is 34.2 Å². The first-order chi connectivity index (χ1) is 12.8. The Bertz CT molecular complexity index is 712. The molecule has 6 nitrogen and oxygen atoms in total. The van der Waals surface area contributed by atoms with E-state index in [4.69, 9.17) is 0 Å². The minimum Gasteiger partial charge on any atom is -0.357 e. The lowest BCUT2D eigenvalue weighted by Crippen LogP contribution is -2.40. The van der Waals surface area contributed by atoms with Crippen molar-refractivity contribution in [2.75, 3.05) is 25.9 Å². The van der Waals surface area contributed by atoms with Crippen LogP contribution in [0, 0.1) is 0 Å². The van der Waals surface area contributed by atoms with E-state index in [2.05, 4.69) is 15.6 Å². The van der Waals surface area contributed by atoms with Crippen LogP contribution in [0.25, 0.3) is 0 Å². The molecule has 0 bridgehead atoms. The summed E-state index contributed by atoms with van der Waals surface area (Å²) in [7, 11) is -1.84. The average molecular weight is 413 g/mol. The highest BCUT2D eigenvalue weighted by atomic mass is 32.2. The van der Waals surface area contributed by atoms with Gasteiger partial charge in [-0.25, -0.2) is 13.4 Å². The molecule has 152 valence electrons. The molecule has 2 rings (SSSR count). The number of guanidine groups is 1. The van der Waals surface area contributed by atoms with Crippen LogP contribution >= 0.6 is 11.8 Å². The molecule has 1 heterocycles. The lowest BCUT2D eigenvalue weighted by Gasteiger charge is -2.21. The van der Waals surface area contributed by atoms with Crippen LogP contribution in [0.2, 0.25) is 0 Å². The molecule has 0 aromatic heterocycles. The molecule has 1 saturated heterocycles. The molecule has 1 unspecified atom stereocenters. The van der Waals surface area contributed by atoms with Crippen molar-refractivity contribution in [1.29, 1.82) is 0 Å². The van der Waals surface area contributed by atoms with E-state index in [1.54, 1.807) is 19.2 Å². The van der Waals surface area contributed by atoms with Crippen molar-refractivity contribution in [3.8, 4) is 0 Å². The average Bonchev–Trinajstić information content (AvgIpc) is 3.17. The number of thioether (sulfide) groups is 1. The summed E-state index contributed by atoms with van der Waals surface area (Å²) >= 11 is 2.02. The Morgan fingerprint density at radius 1 is 1.30 bits per heavy atom. The quantitative estimate of drug-likeness (QED) is 0.507. The standard InChI is InChI=1S/C19H32N4O2S2/c1-5-20-19(22-14-17-7-6-12-26-17)21-13-16-8-10-18(11-9-16)27(24,25)23(4)15(2)3/h8-11,15,17H,5-7,12-14H2,1-4H3,(H2,20,21,22). The first-order valence-electron chi connectivity index (χ1n) is 9.55. The molecule has 1 aliphatic heterocycles. The molecule has 1 fully saturated rings. The van der Waals surface area contributed by atoms with E-state index < -0.39 is 10.0 Å². The van der Waals surface area contributed by atoms with Crippen LogP contribution in [0.5, 0.6) is 0 Å². The van der Waals surface area contributed by atoms with Crippen molar-refractivity contribution in [2.45, 2.75) is 56.3 Å². The van der Waals surface area contributed by atoms with Crippen LogP contribution in [0.1, 0.15) is 39.2 Å². The van der Waals surface area contributed by atoms with Gasteiger partial charge in [-0.2, -0.15) is 16.1 Å². The molecule has 0 aliphatic carbocycles. The summed E-state index contributed by atoms with van der Waals surface area (Å²) in [6.07, 6.45) is 2.56. The number of hydrogen-bond donors (Lipinski definition) is 2. The Hall–Kier alpha value is -1.25. The number of hydrogen-bond acceptors (Lipinski definition) is 4. The lowest BCUT2D eigenvalue weighted by molar-refractivity contribution is 0.410. The molecule has 1 aromatic rings. The Morgan fingerprint density at radius 3 is 2.56 bits per heavy atom. The second-order valence-corrected chi connectivity index (χ2v) is 10.4. The summed E-state index contributed by atoms with van der Waals surface area (Å²) < 4.78 is 26.4. The molecule has 1 aromatic carbocycles. The van der Waals surface area contributed by atoms with E-state index in [9.17, 15) is 8.42 Å². The second-order valence-electron chi connectivity index (χ2n) is 6.97. The van der Waals surface area contributed by atoms with Gasteiger partial charge in [0.25, 0.3) is 0 Å². The van der Waals surface area contributed by atoms with Crippen LogP contribution in [0.4, 0.5) is 0 Å². The van der Waals surface area contributed by atoms with Crippen molar-refractivity contribution < 1.29 is 8.42 Å². The maximum atomic E-state index is 12.5. The van der Waals surface area contributed by atoms with Gasteiger partial charge in [0.2, 0.25) is 10.0 Å². The number of aliphatic imine (C=N–C) groups is 1. The molecule has 0 radical (unpaired) electrons. The van der Waals surface area contributed by atoms with Crippen LogP contribution < -0.4 is 10.6 Å². The van der Waals surface area contributed by atoms with E-state index in [0.717, 1.165) is 24.6 Å². The molecule has 0 amide bonds. The zero-order chi connectivity index (χ0) is 19.9. The Morgan fingerprint density at radius 2 is 2.00 bits per heavy atom. The Labute approximate surface area is 168 Å². The molecule has 27 heavy (non-hydrogen) atoms. The van der Waals surface area contributed by atoms with Gasteiger partial charge in [0.15, 0.2) is 5.96 Å². The predicted molar refractivity (Wildman–Crippen MR) is 115 cm³/mol. The molecule has 8 heteroatoms. The third-order valence-corrected chi connectivity index (χ3v) is 8.06. The Kier molecular flexibility index (Phi) is 8.44. The minimum absolute atomic E-state index is 0.0777. The molecular weight excluding hydrogens is 380 g/mol. The molecule has 1 aliphatic rings. The van der Waals surface area contributed by atoms with E-state index in [1.807, 2.05) is 44.7 Å². The fourth-order valence-electron chi connectivity index (χ4n) is 2.74. The van der Waals surface area contributed by atoms with Gasteiger partial charge in [-0.15, -0.1) is 0 Å². The van der Waals surface area contributed by atoms with E-state index in [1.165, 1.54) is 22.9 Å². The number of rotatable bonds is 8. The summed E-state index contributed by atoms with van der Waals surface area (Å²) in [5, 5.41) is 7.34. The van der Waals surface area contributed by atoms with Crippen LogP contribution in [-0.2, 0) is 16.6 Å². The number of sulfonamides is 1. The zero-order valence-corrected chi connectivity index (χ0v) is 18.4. The lowest BCUT2D eigenvalue weighted by atomic mass is 10.2. The maximum Gasteiger partial charge on any atom is 0.243 e. The summed E-state index contributed by atoms with van der Waals surface area (Å²) in [6.45, 7) is 8.01. The Balaban J connectivity index is 1.99. The second kappa shape index (κ2) is 10.3. The van der Waals surface area contributed by atoms with E-state index in [0.29, 0.717) is 16.7 Å². The van der Waals surface area contributed by atoms with Gasteiger partial charge in [0.1, 0.15) is 0 Å². The van der Waals surface area contributed by atoms with Gasteiger partial charge in [0.05, 0.1) is 11.4 Å². The molecule has 2 N–H and O–H groups in total. The first kappa shape index (κ1) is 22.0. The van der Waals surface area contributed by atoms with Gasteiger partial charge in [-0.05, 0) is 57.1 Å². The number of nitrogens with zero attached hydrogens (tertiary/aromatic N) is 2. The van der Waals surface area contributed by atoms with Crippen LogP contribution in [-0.4, -0.2) is 55.9 Å². The number of nitrogens with one attached hydrogen (secondary N) is 2. The predicted octanol–water partition coefficient (Wildman–Crippen LogP) is 2.67. The van der Waals surface area contributed by atoms with E-state index >= 15 is 0 Å². The SMILES string of the molecule is CCNC(=NCc1ccc(S(=O)(=O)N(C)C(C)C)cc1)NCC1CCCS1. The van der Waals surface area contributed by atoms with Gasteiger partial charge < -0.3 is 10.6 Å². The normalized spacial score (nSPS) is 18.3. The van der Waals surface area contributed by atoms with Crippen molar-refractivity contribution >= 4 is 27.7 Å². The molecule has 0 saturated carbocycles. The smallest absolute Gasteiger partial charge is 0.243 e. The third-order valence-electron chi connectivity index (χ3n) is 4.61. The summed E-state index contributed by atoms with van der Waals surface area (Å²) in [5.74, 6) is 2.06. The van der Waals surface area contributed by atoms with Crippen molar-refractivity contribution in [3.63, 3.8) is 0 Å². The third kappa shape index (κ3) is 6.40. The summed E-state index contributed by atoms with van der Waals surface area (Å²) in [5.41, 5.74) is 0.980. The zero-order valence-electron chi connectivity index (χ0n) is 16.7. The molecular formula is C19H32N4O2S2. The monoisotopic (exact) mass is 412 g/mol. The van der Waals surface area contributed by atoms with Gasteiger partial charge in [0, 0.05) is 31.4 Å². The topological polar surface area (TPSA) is 73.8 Å². The highest BCUT2D eigenvalue weighted by Crippen LogP contribution is 2.25. The van der Waals surface area contributed by atoms with Crippen molar-refractivity contribution in [2.24, 2.45) is 4.99 Å². The summed E-state index contributed by atoms with van der Waals surface area (Å²) in [4.78, 5) is 4.94.